The standard InChI is InChI=1S/C16H21NO/c1-4-9-15-12(5-2)13-10-7-8-11-14(13)16(18)17(15)6-3/h7-8,10-11H,4-6,9H2,1-3H3. The van der Waals surface area contributed by atoms with Crippen molar-refractivity contribution in [2.24, 2.45) is 0 Å². The van der Waals surface area contributed by atoms with Crippen LogP contribution in [0, 0.1) is 0 Å². The van der Waals surface area contributed by atoms with Crippen LogP contribution in [0.5, 0.6) is 0 Å². The average molecular weight is 243 g/mol. The summed E-state index contributed by atoms with van der Waals surface area (Å²) in [5, 5.41) is 1.99. The molecule has 0 saturated carbocycles. The quantitative estimate of drug-likeness (QED) is 0.805. The van der Waals surface area contributed by atoms with Gasteiger partial charge in [0, 0.05) is 17.6 Å². The van der Waals surface area contributed by atoms with Crippen molar-refractivity contribution >= 4 is 10.8 Å². The largest absolute Gasteiger partial charge is 0.312 e. The lowest BCUT2D eigenvalue weighted by Crippen LogP contribution is -2.25. The molecule has 0 bridgehead atoms. The van der Waals surface area contributed by atoms with E-state index in [1.54, 1.807) is 0 Å². The lowest BCUT2D eigenvalue weighted by Gasteiger charge is -2.17. The first-order chi connectivity index (χ1) is 8.74. The van der Waals surface area contributed by atoms with Gasteiger partial charge in [0.1, 0.15) is 0 Å². The summed E-state index contributed by atoms with van der Waals surface area (Å²) in [5.74, 6) is 0. The Bertz CT molecular complexity index is 610. The molecular weight excluding hydrogens is 222 g/mol. The second-order valence-electron chi connectivity index (χ2n) is 4.62. The molecular formula is C16H21NO. The van der Waals surface area contributed by atoms with Crippen molar-refractivity contribution in [1.29, 1.82) is 0 Å². The molecule has 1 aromatic heterocycles. The van der Waals surface area contributed by atoms with Crippen molar-refractivity contribution in [2.45, 2.75) is 46.6 Å². The van der Waals surface area contributed by atoms with Crippen LogP contribution in [0.1, 0.15) is 38.4 Å². The van der Waals surface area contributed by atoms with E-state index in [4.69, 9.17) is 0 Å². The molecule has 18 heavy (non-hydrogen) atoms. The molecule has 2 nitrogen and oxygen atoms in total. The topological polar surface area (TPSA) is 22.0 Å². The molecule has 2 aromatic rings. The maximum atomic E-state index is 12.5. The molecule has 0 aliphatic rings. The van der Waals surface area contributed by atoms with Gasteiger partial charge in [-0.15, -0.1) is 0 Å². The number of nitrogens with zero attached hydrogens (tertiary/aromatic N) is 1. The van der Waals surface area contributed by atoms with Crippen LogP contribution in [-0.4, -0.2) is 4.57 Å². The SMILES string of the molecule is CCCc1c(CC)c2ccccc2c(=O)n1CC. The van der Waals surface area contributed by atoms with Crippen molar-refractivity contribution in [2.75, 3.05) is 0 Å². The van der Waals surface area contributed by atoms with Gasteiger partial charge in [0.2, 0.25) is 0 Å². The molecule has 0 N–H and O–H groups in total. The monoisotopic (exact) mass is 243 g/mol. The Morgan fingerprint density at radius 3 is 2.28 bits per heavy atom. The summed E-state index contributed by atoms with van der Waals surface area (Å²) in [6.45, 7) is 7.14. The second kappa shape index (κ2) is 5.38. The van der Waals surface area contributed by atoms with Gasteiger partial charge < -0.3 is 4.57 Å². The summed E-state index contributed by atoms with van der Waals surface area (Å²) in [7, 11) is 0. The summed E-state index contributed by atoms with van der Waals surface area (Å²) in [4.78, 5) is 12.5. The van der Waals surface area contributed by atoms with Crippen LogP contribution in [0.2, 0.25) is 0 Å². The number of hydrogen-bond acceptors (Lipinski definition) is 1. The maximum Gasteiger partial charge on any atom is 0.258 e. The van der Waals surface area contributed by atoms with Crippen LogP contribution in [-0.2, 0) is 19.4 Å². The fourth-order valence-electron chi connectivity index (χ4n) is 2.77. The van der Waals surface area contributed by atoms with Gasteiger partial charge in [0.15, 0.2) is 0 Å². The molecule has 0 fully saturated rings. The molecule has 0 unspecified atom stereocenters. The highest BCUT2D eigenvalue weighted by molar-refractivity contribution is 5.85. The van der Waals surface area contributed by atoms with Crippen molar-refractivity contribution in [1.82, 2.24) is 4.57 Å². The van der Waals surface area contributed by atoms with Crippen molar-refractivity contribution in [3.8, 4) is 0 Å². The van der Waals surface area contributed by atoms with Crippen LogP contribution in [0.25, 0.3) is 10.8 Å². The third-order valence-corrected chi connectivity index (χ3v) is 3.56. The van der Waals surface area contributed by atoms with E-state index in [2.05, 4.69) is 26.8 Å². The second-order valence-corrected chi connectivity index (χ2v) is 4.62. The van der Waals surface area contributed by atoms with E-state index in [0.717, 1.165) is 36.6 Å². The Labute approximate surface area is 108 Å². The Kier molecular flexibility index (Phi) is 3.85. The molecule has 0 amide bonds. The zero-order chi connectivity index (χ0) is 13.1. The number of fused-ring (bicyclic) bond motifs is 1. The highest BCUT2D eigenvalue weighted by Crippen LogP contribution is 2.21. The third kappa shape index (κ3) is 1.96. The minimum absolute atomic E-state index is 0.161. The molecule has 0 spiro atoms. The van der Waals surface area contributed by atoms with Crippen LogP contribution in [0.15, 0.2) is 29.1 Å². The fourth-order valence-corrected chi connectivity index (χ4v) is 2.77. The van der Waals surface area contributed by atoms with Gasteiger partial charge in [-0.25, -0.2) is 0 Å². The first kappa shape index (κ1) is 12.9. The summed E-state index contributed by atoms with van der Waals surface area (Å²) >= 11 is 0. The van der Waals surface area contributed by atoms with E-state index in [-0.39, 0.29) is 5.56 Å². The molecule has 2 heteroatoms. The van der Waals surface area contributed by atoms with Gasteiger partial charge in [-0.05, 0) is 36.8 Å². The van der Waals surface area contributed by atoms with Crippen molar-refractivity contribution in [3.05, 3.63) is 45.9 Å². The summed E-state index contributed by atoms with van der Waals surface area (Å²) < 4.78 is 1.95. The third-order valence-electron chi connectivity index (χ3n) is 3.56. The first-order valence-electron chi connectivity index (χ1n) is 6.87. The van der Waals surface area contributed by atoms with Crippen LogP contribution in [0.4, 0.5) is 0 Å². The van der Waals surface area contributed by atoms with Gasteiger partial charge in [0.05, 0.1) is 0 Å². The number of rotatable bonds is 4. The molecule has 0 radical (unpaired) electrons. The summed E-state index contributed by atoms with van der Waals surface area (Å²) in [6.07, 6.45) is 3.04. The molecule has 0 aliphatic carbocycles. The number of pyridine rings is 1. The highest BCUT2D eigenvalue weighted by Gasteiger charge is 2.13. The summed E-state index contributed by atoms with van der Waals surface area (Å²) in [6, 6.07) is 7.99. The zero-order valence-corrected chi connectivity index (χ0v) is 11.5. The van der Waals surface area contributed by atoms with E-state index in [1.807, 2.05) is 22.8 Å². The Morgan fingerprint density at radius 2 is 1.72 bits per heavy atom. The molecule has 1 heterocycles. The van der Waals surface area contributed by atoms with E-state index in [0.29, 0.717) is 0 Å². The van der Waals surface area contributed by atoms with Crippen LogP contribution < -0.4 is 5.56 Å². The minimum Gasteiger partial charge on any atom is -0.312 e. The zero-order valence-electron chi connectivity index (χ0n) is 11.5. The Morgan fingerprint density at radius 1 is 1.06 bits per heavy atom. The van der Waals surface area contributed by atoms with Crippen molar-refractivity contribution in [3.63, 3.8) is 0 Å². The van der Waals surface area contributed by atoms with E-state index in [9.17, 15) is 4.79 Å². The maximum absolute atomic E-state index is 12.5. The molecule has 1 aromatic carbocycles. The molecule has 0 atom stereocenters. The van der Waals surface area contributed by atoms with E-state index in [1.165, 1.54) is 11.3 Å². The first-order valence-corrected chi connectivity index (χ1v) is 6.87. The Balaban J connectivity index is 2.91. The van der Waals surface area contributed by atoms with Crippen LogP contribution >= 0.6 is 0 Å². The number of aromatic nitrogens is 1. The molecule has 2 rings (SSSR count). The lowest BCUT2D eigenvalue weighted by molar-refractivity contribution is 0.661. The molecule has 0 saturated heterocycles. The van der Waals surface area contributed by atoms with Gasteiger partial charge in [-0.1, -0.05) is 38.5 Å². The molecule has 96 valence electrons. The van der Waals surface area contributed by atoms with E-state index >= 15 is 0 Å². The van der Waals surface area contributed by atoms with Gasteiger partial charge >= 0.3 is 0 Å². The number of aryl methyl sites for hydroxylation is 1. The summed E-state index contributed by atoms with van der Waals surface area (Å²) in [5.41, 5.74) is 2.73. The lowest BCUT2D eigenvalue weighted by atomic mass is 9.99. The van der Waals surface area contributed by atoms with Crippen LogP contribution in [0.3, 0.4) is 0 Å². The molecule has 0 aliphatic heterocycles. The number of hydrogen-bond donors (Lipinski definition) is 0. The predicted octanol–water partition coefficient (Wildman–Crippen LogP) is 3.54. The Hall–Kier alpha value is -1.57. The van der Waals surface area contributed by atoms with Gasteiger partial charge in [-0.3, -0.25) is 4.79 Å². The van der Waals surface area contributed by atoms with E-state index < -0.39 is 0 Å². The average Bonchev–Trinajstić information content (AvgIpc) is 2.40. The fraction of sp³-hybridized carbons (Fsp3) is 0.438. The highest BCUT2D eigenvalue weighted by atomic mass is 16.1. The minimum atomic E-state index is 0.161. The number of benzene rings is 1. The van der Waals surface area contributed by atoms with Gasteiger partial charge in [-0.2, -0.15) is 0 Å². The predicted molar refractivity (Wildman–Crippen MR) is 77.3 cm³/mol. The van der Waals surface area contributed by atoms with Crippen molar-refractivity contribution < 1.29 is 0 Å². The normalized spacial score (nSPS) is 11.1. The smallest absolute Gasteiger partial charge is 0.258 e. The van der Waals surface area contributed by atoms with Gasteiger partial charge in [0.25, 0.3) is 5.56 Å².